The van der Waals surface area contributed by atoms with Crippen LogP contribution in [0, 0.1) is 0 Å². The molecule has 0 saturated heterocycles. The Balaban J connectivity index is 2.76. The average Bonchev–Trinajstić information content (AvgIpc) is 2.60. The van der Waals surface area contributed by atoms with Gasteiger partial charge in [-0.3, -0.25) is 0 Å². The first-order valence-corrected chi connectivity index (χ1v) is 5.45. The molecule has 0 saturated carbocycles. The number of hydrogen-bond donors (Lipinski definition) is 1. The smallest absolute Gasteiger partial charge is 0.176 e. The summed E-state index contributed by atoms with van der Waals surface area (Å²) in [4.78, 5) is 3.69. The van der Waals surface area contributed by atoms with Gasteiger partial charge in [0.25, 0.3) is 0 Å². The number of aryl methyl sites for hydroxylation is 1. The first kappa shape index (κ1) is 13.1. The zero-order valence-electron chi connectivity index (χ0n) is 11.0. The molecule has 6 heteroatoms. The summed E-state index contributed by atoms with van der Waals surface area (Å²) in [6, 6.07) is 0.284. The fourth-order valence-corrected chi connectivity index (χ4v) is 1.60. The molecule has 1 aromatic rings. The minimum atomic E-state index is 0.0357. The molecule has 16 heavy (non-hydrogen) atoms. The summed E-state index contributed by atoms with van der Waals surface area (Å²) in [6.45, 7) is 4.40. The largest absolute Gasteiger partial charge is 0.315 e. The third kappa shape index (κ3) is 2.76. The highest BCUT2D eigenvalue weighted by Gasteiger charge is 2.31. The minimum Gasteiger partial charge on any atom is -0.315 e. The Morgan fingerprint density at radius 2 is 2.06 bits per heavy atom. The maximum absolute atomic E-state index is 4.21. The lowest BCUT2D eigenvalue weighted by Gasteiger charge is -2.39. The number of aromatic nitrogens is 4. The van der Waals surface area contributed by atoms with Gasteiger partial charge in [-0.15, -0.1) is 10.2 Å². The van der Waals surface area contributed by atoms with Gasteiger partial charge in [0.05, 0.1) is 7.05 Å². The first-order chi connectivity index (χ1) is 7.37. The quantitative estimate of drug-likeness (QED) is 0.746. The molecule has 6 nitrogen and oxygen atoms in total. The summed E-state index contributed by atoms with van der Waals surface area (Å²) >= 11 is 0. The highest BCUT2D eigenvalue weighted by Crippen LogP contribution is 2.17. The first-order valence-electron chi connectivity index (χ1n) is 5.45. The molecule has 1 aromatic heterocycles. The third-order valence-corrected chi connectivity index (χ3v) is 3.29. The number of nitrogens with zero attached hydrogens (tertiary/aromatic N) is 5. The molecule has 1 rings (SSSR count). The molecule has 0 aliphatic rings. The highest BCUT2D eigenvalue weighted by atomic mass is 15.6. The van der Waals surface area contributed by atoms with Crippen LogP contribution in [0.5, 0.6) is 0 Å². The molecule has 0 aliphatic carbocycles. The lowest BCUT2D eigenvalue weighted by atomic mass is 9.90. The predicted molar refractivity (Wildman–Crippen MR) is 63.1 cm³/mol. The fraction of sp³-hybridized carbons (Fsp3) is 0.900. The lowest BCUT2D eigenvalue weighted by Crippen LogP contribution is -2.55. The van der Waals surface area contributed by atoms with Crippen LogP contribution in [0.25, 0.3) is 0 Å². The Morgan fingerprint density at radius 1 is 1.44 bits per heavy atom. The van der Waals surface area contributed by atoms with Crippen LogP contribution >= 0.6 is 0 Å². The SMILES string of the molecule is CNC(Cc1nnn(C)n1)C(C)(C)N(C)C. The molecular formula is C10H22N6. The molecule has 1 heterocycles. The van der Waals surface area contributed by atoms with Crippen molar-refractivity contribution in [2.24, 2.45) is 7.05 Å². The number of nitrogens with one attached hydrogen (secondary N) is 1. The third-order valence-electron chi connectivity index (χ3n) is 3.29. The Morgan fingerprint density at radius 3 is 2.44 bits per heavy atom. The molecule has 1 unspecified atom stereocenters. The Bertz CT molecular complexity index is 330. The Kier molecular flexibility index (Phi) is 3.98. The van der Waals surface area contributed by atoms with Crippen LogP contribution in [0.15, 0.2) is 0 Å². The summed E-state index contributed by atoms with van der Waals surface area (Å²) in [5.41, 5.74) is 0.0357. The predicted octanol–water partition coefficient (Wildman–Crippen LogP) is -0.319. The van der Waals surface area contributed by atoms with Crippen LogP contribution in [0.1, 0.15) is 19.7 Å². The van der Waals surface area contributed by atoms with Crippen molar-refractivity contribution >= 4 is 0 Å². The van der Waals surface area contributed by atoms with Gasteiger partial charge in [-0.2, -0.15) is 4.80 Å². The monoisotopic (exact) mass is 226 g/mol. The second kappa shape index (κ2) is 4.88. The van der Waals surface area contributed by atoms with E-state index in [-0.39, 0.29) is 11.6 Å². The number of tetrazole rings is 1. The topological polar surface area (TPSA) is 58.9 Å². The summed E-state index contributed by atoms with van der Waals surface area (Å²) in [7, 11) is 7.90. The Labute approximate surface area is 97.0 Å². The molecule has 92 valence electrons. The molecule has 0 spiro atoms. The number of hydrogen-bond acceptors (Lipinski definition) is 5. The molecule has 0 aromatic carbocycles. The maximum Gasteiger partial charge on any atom is 0.176 e. The normalized spacial score (nSPS) is 14.4. The van der Waals surface area contributed by atoms with Gasteiger partial charge in [-0.1, -0.05) is 0 Å². The van der Waals surface area contributed by atoms with E-state index < -0.39 is 0 Å². The van der Waals surface area contributed by atoms with Crippen molar-refractivity contribution in [1.29, 1.82) is 0 Å². The Hall–Kier alpha value is -1.01. The summed E-state index contributed by atoms with van der Waals surface area (Å²) in [6.07, 6.45) is 0.773. The van der Waals surface area contributed by atoms with Gasteiger partial charge < -0.3 is 10.2 Å². The number of likely N-dealkylation sites (N-methyl/N-ethyl adjacent to an activating group) is 2. The van der Waals surface area contributed by atoms with E-state index in [0.717, 1.165) is 12.2 Å². The van der Waals surface area contributed by atoms with Crippen LogP contribution in [0.3, 0.4) is 0 Å². The van der Waals surface area contributed by atoms with Gasteiger partial charge >= 0.3 is 0 Å². The summed E-state index contributed by atoms with van der Waals surface area (Å²) in [5.74, 6) is 0.775. The van der Waals surface area contributed by atoms with Gasteiger partial charge in [0.1, 0.15) is 0 Å². The van der Waals surface area contributed by atoms with Crippen molar-refractivity contribution in [2.45, 2.75) is 31.8 Å². The van der Waals surface area contributed by atoms with E-state index in [2.05, 4.69) is 53.6 Å². The van der Waals surface area contributed by atoms with Crippen LogP contribution in [-0.2, 0) is 13.5 Å². The molecule has 0 aliphatic heterocycles. The van der Waals surface area contributed by atoms with Crippen LogP contribution in [0.2, 0.25) is 0 Å². The van der Waals surface area contributed by atoms with Gasteiger partial charge in [-0.05, 0) is 40.2 Å². The van der Waals surface area contributed by atoms with E-state index in [0.29, 0.717) is 0 Å². The average molecular weight is 226 g/mol. The van der Waals surface area contributed by atoms with E-state index in [9.17, 15) is 0 Å². The van der Waals surface area contributed by atoms with E-state index in [1.165, 1.54) is 4.80 Å². The maximum atomic E-state index is 4.21. The molecule has 1 N–H and O–H groups in total. The molecular weight excluding hydrogens is 204 g/mol. The van der Waals surface area contributed by atoms with Crippen molar-refractivity contribution in [1.82, 2.24) is 30.4 Å². The van der Waals surface area contributed by atoms with Crippen molar-refractivity contribution in [3.05, 3.63) is 5.82 Å². The van der Waals surface area contributed by atoms with Crippen molar-refractivity contribution in [3.8, 4) is 0 Å². The molecule has 1 atom stereocenters. The van der Waals surface area contributed by atoms with E-state index in [1.54, 1.807) is 7.05 Å². The molecule has 0 fully saturated rings. The minimum absolute atomic E-state index is 0.0357. The zero-order chi connectivity index (χ0) is 12.3. The number of rotatable bonds is 5. The van der Waals surface area contributed by atoms with E-state index in [1.807, 2.05) is 7.05 Å². The second-order valence-corrected chi connectivity index (χ2v) is 4.79. The van der Waals surface area contributed by atoms with Crippen molar-refractivity contribution in [3.63, 3.8) is 0 Å². The summed E-state index contributed by atoms with van der Waals surface area (Å²) in [5, 5.41) is 15.4. The second-order valence-electron chi connectivity index (χ2n) is 4.79. The zero-order valence-corrected chi connectivity index (χ0v) is 11.0. The van der Waals surface area contributed by atoms with E-state index in [4.69, 9.17) is 0 Å². The lowest BCUT2D eigenvalue weighted by molar-refractivity contribution is 0.140. The van der Waals surface area contributed by atoms with Gasteiger partial charge in [0, 0.05) is 18.0 Å². The van der Waals surface area contributed by atoms with Crippen LogP contribution in [-0.4, -0.2) is 57.8 Å². The van der Waals surface area contributed by atoms with Gasteiger partial charge in [0.2, 0.25) is 0 Å². The van der Waals surface area contributed by atoms with Gasteiger partial charge in [0.15, 0.2) is 5.82 Å². The van der Waals surface area contributed by atoms with Gasteiger partial charge in [-0.25, -0.2) is 0 Å². The van der Waals surface area contributed by atoms with Crippen molar-refractivity contribution in [2.75, 3.05) is 21.1 Å². The molecule has 0 amide bonds. The van der Waals surface area contributed by atoms with Crippen LogP contribution in [0.4, 0.5) is 0 Å². The highest BCUT2D eigenvalue weighted by molar-refractivity contribution is 4.96. The van der Waals surface area contributed by atoms with E-state index >= 15 is 0 Å². The fourth-order valence-electron chi connectivity index (χ4n) is 1.60. The summed E-state index contributed by atoms with van der Waals surface area (Å²) < 4.78 is 0. The molecule has 0 bridgehead atoms. The molecule has 0 radical (unpaired) electrons. The van der Waals surface area contributed by atoms with Crippen LogP contribution < -0.4 is 5.32 Å². The van der Waals surface area contributed by atoms with Crippen molar-refractivity contribution < 1.29 is 0 Å². The standard InChI is InChI=1S/C10H22N6/c1-10(2,15(4)5)8(11-3)7-9-12-14-16(6)13-9/h8,11H,7H2,1-6H3.